The lowest BCUT2D eigenvalue weighted by Gasteiger charge is -2.06. The van der Waals surface area contributed by atoms with E-state index >= 15 is 0 Å². The van der Waals surface area contributed by atoms with Gasteiger partial charge < -0.3 is 10.3 Å². The zero-order valence-electron chi connectivity index (χ0n) is 11.8. The van der Waals surface area contributed by atoms with Crippen molar-refractivity contribution in [2.45, 2.75) is 52.0 Å². The number of pyridine rings is 1. The van der Waals surface area contributed by atoms with Gasteiger partial charge in [-0.25, -0.2) is 9.97 Å². The Hall–Kier alpha value is -1.42. The van der Waals surface area contributed by atoms with Gasteiger partial charge in [0.15, 0.2) is 5.65 Å². The molecule has 0 aliphatic rings. The first kappa shape index (κ1) is 14.0. The summed E-state index contributed by atoms with van der Waals surface area (Å²) in [7, 11) is 0. The quantitative estimate of drug-likeness (QED) is 0.742. The molecular formula is C15H24N4. The third-order valence-electron chi connectivity index (χ3n) is 3.38. The van der Waals surface area contributed by atoms with Gasteiger partial charge in [-0.05, 0) is 37.9 Å². The standard InChI is InChI=1S/C15H24N4/c1-2-12-19-14(9-5-3-4-6-10-16)18-13-8-7-11-17-15(13)19/h7-8,11H,2-6,9-10,12,16H2,1H3. The number of nitrogens with two attached hydrogens (primary N) is 1. The molecule has 0 amide bonds. The molecule has 0 bridgehead atoms. The minimum atomic E-state index is 0.804. The number of aromatic nitrogens is 3. The predicted molar refractivity (Wildman–Crippen MR) is 79.0 cm³/mol. The smallest absolute Gasteiger partial charge is 0.159 e. The number of fused-ring (bicyclic) bond motifs is 1. The summed E-state index contributed by atoms with van der Waals surface area (Å²) in [5, 5.41) is 0. The van der Waals surface area contributed by atoms with Crippen LogP contribution in [0, 0.1) is 0 Å². The van der Waals surface area contributed by atoms with E-state index in [0.717, 1.165) is 43.5 Å². The van der Waals surface area contributed by atoms with Crippen LogP contribution in [-0.2, 0) is 13.0 Å². The van der Waals surface area contributed by atoms with E-state index in [1.165, 1.54) is 25.1 Å². The van der Waals surface area contributed by atoms with Crippen molar-refractivity contribution in [2.75, 3.05) is 6.54 Å². The van der Waals surface area contributed by atoms with Gasteiger partial charge >= 0.3 is 0 Å². The molecule has 0 aromatic carbocycles. The van der Waals surface area contributed by atoms with Gasteiger partial charge in [-0.1, -0.05) is 19.8 Å². The topological polar surface area (TPSA) is 56.7 Å². The monoisotopic (exact) mass is 260 g/mol. The van der Waals surface area contributed by atoms with E-state index in [-0.39, 0.29) is 0 Å². The summed E-state index contributed by atoms with van der Waals surface area (Å²) >= 11 is 0. The number of rotatable bonds is 8. The Bertz CT molecular complexity index is 504. The van der Waals surface area contributed by atoms with E-state index < -0.39 is 0 Å². The van der Waals surface area contributed by atoms with Crippen molar-refractivity contribution in [3.8, 4) is 0 Å². The van der Waals surface area contributed by atoms with Crippen LogP contribution in [-0.4, -0.2) is 21.1 Å². The number of hydrogen-bond acceptors (Lipinski definition) is 3. The summed E-state index contributed by atoms with van der Waals surface area (Å²) in [4.78, 5) is 9.19. The Balaban J connectivity index is 2.06. The van der Waals surface area contributed by atoms with E-state index in [4.69, 9.17) is 10.7 Å². The van der Waals surface area contributed by atoms with E-state index in [2.05, 4.69) is 16.5 Å². The second-order valence-corrected chi connectivity index (χ2v) is 4.98. The van der Waals surface area contributed by atoms with E-state index in [1.807, 2.05) is 18.3 Å². The fraction of sp³-hybridized carbons (Fsp3) is 0.600. The molecule has 0 radical (unpaired) electrons. The lowest BCUT2D eigenvalue weighted by atomic mass is 10.1. The van der Waals surface area contributed by atoms with Gasteiger partial charge in [0.1, 0.15) is 11.3 Å². The Morgan fingerprint density at radius 3 is 2.84 bits per heavy atom. The lowest BCUT2D eigenvalue weighted by Crippen LogP contribution is -2.04. The number of hydrogen-bond donors (Lipinski definition) is 1. The second kappa shape index (κ2) is 7.24. The van der Waals surface area contributed by atoms with Crippen molar-refractivity contribution in [2.24, 2.45) is 5.73 Å². The summed E-state index contributed by atoms with van der Waals surface area (Å²) in [6.45, 7) is 4.00. The van der Waals surface area contributed by atoms with Crippen LogP contribution >= 0.6 is 0 Å². The molecule has 2 N–H and O–H groups in total. The van der Waals surface area contributed by atoms with Crippen molar-refractivity contribution >= 4 is 11.2 Å². The molecular weight excluding hydrogens is 236 g/mol. The lowest BCUT2D eigenvalue weighted by molar-refractivity contribution is 0.599. The number of imidazole rings is 1. The van der Waals surface area contributed by atoms with Crippen LogP contribution < -0.4 is 5.73 Å². The van der Waals surface area contributed by atoms with Crippen molar-refractivity contribution in [1.82, 2.24) is 14.5 Å². The summed E-state index contributed by atoms with van der Waals surface area (Å²) in [6.07, 6.45) is 8.78. The maximum atomic E-state index is 5.51. The van der Waals surface area contributed by atoms with E-state index in [0.29, 0.717) is 0 Å². The molecule has 0 unspecified atom stereocenters. The highest BCUT2D eigenvalue weighted by atomic mass is 15.1. The number of nitrogens with zero attached hydrogens (tertiary/aromatic N) is 3. The molecule has 4 nitrogen and oxygen atoms in total. The first-order valence-corrected chi connectivity index (χ1v) is 7.37. The van der Waals surface area contributed by atoms with E-state index in [9.17, 15) is 0 Å². The Kier molecular flexibility index (Phi) is 5.33. The SMILES string of the molecule is CCCn1c(CCCCCCN)nc2cccnc21. The molecule has 2 rings (SSSR count). The Labute approximate surface area is 115 Å². The Morgan fingerprint density at radius 2 is 2.05 bits per heavy atom. The molecule has 2 heterocycles. The molecule has 0 aliphatic heterocycles. The van der Waals surface area contributed by atoms with Crippen molar-refractivity contribution in [3.05, 3.63) is 24.2 Å². The maximum absolute atomic E-state index is 5.51. The van der Waals surface area contributed by atoms with Crippen LogP contribution in [0.1, 0.15) is 44.9 Å². The van der Waals surface area contributed by atoms with Gasteiger partial charge in [-0.2, -0.15) is 0 Å². The van der Waals surface area contributed by atoms with Gasteiger partial charge in [-0.3, -0.25) is 0 Å². The fourth-order valence-corrected chi connectivity index (χ4v) is 2.44. The molecule has 0 spiro atoms. The number of aryl methyl sites for hydroxylation is 2. The van der Waals surface area contributed by atoms with Gasteiger partial charge in [-0.15, -0.1) is 0 Å². The normalized spacial score (nSPS) is 11.3. The third-order valence-corrected chi connectivity index (χ3v) is 3.38. The molecule has 0 fully saturated rings. The molecule has 2 aromatic heterocycles. The zero-order chi connectivity index (χ0) is 13.5. The fourth-order valence-electron chi connectivity index (χ4n) is 2.44. The summed E-state index contributed by atoms with van der Waals surface area (Å²) in [6, 6.07) is 4.00. The van der Waals surface area contributed by atoms with Crippen molar-refractivity contribution in [1.29, 1.82) is 0 Å². The highest BCUT2D eigenvalue weighted by Crippen LogP contribution is 2.16. The first-order valence-electron chi connectivity index (χ1n) is 7.37. The van der Waals surface area contributed by atoms with Crippen LogP contribution in [0.5, 0.6) is 0 Å². The highest BCUT2D eigenvalue weighted by molar-refractivity contribution is 5.71. The maximum Gasteiger partial charge on any atom is 0.159 e. The molecule has 104 valence electrons. The number of unbranched alkanes of at least 4 members (excludes halogenated alkanes) is 3. The average Bonchev–Trinajstić information content (AvgIpc) is 2.78. The average molecular weight is 260 g/mol. The Morgan fingerprint density at radius 1 is 1.21 bits per heavy atom. The first-order chi connectivity index (χ1) is 9.36. The molecule has 19 heavy (non-hydrogen) atoms. The van der Waals surface area contributed by atoms with Gasteiger partial charge in [0.05, 0.1) is 0 Å². The predicted octanol–water partition coefficient (Wildman–Crippen LogP) is 2.90. The third kappa shape index (κ3) is 3.53. The van der Waals surface area contributed by atoms with Gasteiger partial charge in [0, 0.05) is 19.2 Å². The van der Waals surface area contributed by atoms with Crippen molar-refractivity contribution in [3.63, 3.8) is 0 Å². The van der Waals surface area contributed by atoms with E-state index in [1.54, 1.807) is 0 Å². The molecule has 0 aliphatic carbocycles. The summed E-state index contributed by atoms with van der Waals surface area (Å²) in [5.41, 5.74) is 7.56. The van der Waals surface area contributed by atoms with Crippen LogP contribution in [0.2, 0.25) is 0 Å². The summed E-state index contributed by atoms with van der Waals surface area (Å²) < 4.78 is 2.28. The minimum absolute atomic E-state index is 0.804. The zero-order valence-corrected chi connectivity index (χ0v) is 11.8. The highest BCUT2D eigenvalue weighted by Gasteiger charge is 2.10. The van der Waals surface area contributed by atoms with Gasteiger partial charge in [0.25, 0.3) is 0 Å². The second-order valence-electron chi connectivity index (χ2n) is 4.98. The van der Waals surface area contributed by atoms with Crippen LogP contribution in [0.3, 0.4) is 0 Å². The van der Waals surface area contributed by atoms with Crippen molar-refractivity contribution < 1.29 is 0 Å². The molecule has 0 atom stereocenters. The molecule has 0 saturated heterocycles. The molecule has 0 saturated carbocycles. The van der Waals surface area contributed by atoms with Crippen LogP contribution in [0.15, 0.2) is 18.3 Å². The van der Waals surface area contributed by atoms with Crippen LogP contribution in [0.25, 0.3) is 11.2 Å². The molecule has 2 aromatic rings. The summed E-state index contributed by atoms with van der Waals surface area (Å²) in [5.74, 6) is 1.18. The van der Waals surface area contributed by atoms with Crippen LogP contribution in [0.4, 0.5) is 0 Å². The molecule has 4 heteroatoms. The minimum Gasteiger partial charge on any atom is -0.330 e. The van der Waals surface area contributed by atoms with Gasteiger partial charge in [0.2, 0.25) is 0 Å². The largest absolute Gasteiger partial charge is 0.330 e.